The first-order valence-electron chi connectivity index (χ1n) is 11.6. The first kappa shape index (κ1) is 26.1. The SMILES string of the molecule is Cc1cc(S[C@@H](c2ccc(C(=O)NCC#N)s2)C(C)C)cc(C)c1-c1ccc(C(C)(C)C)cc1. The van der Waals surface area contributed by atoms with Gasteiger partial charge in [-0.25, -0.2) is 0 Å². The van der Waals surface area contributed by atoms with Crippen LogP contribution in [-0.2, 0) is 5.41 Å². The second-order valence-electron chi connectivity index (χ2n) is 10.1. The van der Waals surface area contributed by atoms with E-state index in [1.54, 1.807) is 0 Å². The van der Waals surface area contributed by atoms with Crippen LogP contribution in [0.3, 0.4) is 0 Å². The van der Waals surface area contributed by atoms with E-state index in [2.05, 4.69) is 96.2 Å². The zero-order chi connectivity index (χ0) is 25.0. The Hall–Kier alpha value is -2.55. The standard InChI is InChI=1S/C29H34N2OS2/c1-18(2)27(24-12-13-25(34-24)28(32)31-15-14-30)33-23-16-19(3)26(20(4)17-23)21-8-10-22(11-9-21)29(5,6)7/h8-13,16-18,27H,15H2,1-7H3,(H,31,32)/t27-/m1/s1. The molecule has 3 rings (SSSR count). The van der Waals surface area contributed by atoms with E-state index in [0.717, 1.165) is 0 Å². The lowest BCUT2D eigenvalue weighted by molar-refractivity contribution is 0.0962. The fourth-order valence-electron chi connectivity index (χ4n) is 4.09. The average molecular weight is 491 g/mol. The van der Waals surface area contributed by atoms with Gasteiger partial charge in [0.05, 0.1) is 10.9 Å². The van der Waals surface area contributed by atoms with Gasteiger partial charge in [0.1, 0.15) is 6.54 Å². The number of rotatable bonds is 7. The molecule has 0 saturated heterocycles. The van der Waals surface area contributed by atoms with Gasteiger partial charge in [-0.15, -0.1) is 23.1 Å². The summed E-state index contributed by atoms with van der Waals surface area (Å²) in [6.07, 6.45) is 0. The van der Waals surface area contributed by atoms with Crippen molar-refractivity contribution in [2.45, 2.75) is 64.0 Å². The van der Waals surface area contributed by atoms with Crippen molar-refractivity contribution in [1.29, 1.82) is 5.26 Å². The van der Waals surface area contributed by atoms with Crippen molar-refractivity contribution in [2.24, 2.45) is 5.92 Å². The fraction of sp³-hybridized carbons (Fsp3) is 0.379. The second kappa shape index (κ2) is 10.8. The largest absolute Gasteiger partial charge is 0.338 e. The van der Waals surface area contributed by atoms with Crippen LogP contribution in [0.15, 0.2) is 53.4 Å². The van der Waals surface area contributed by atoms with E-state index in [0.29, 0.717) is 10.8 Å². The number of hydrogen-bond donors (Lipinski definition) is 1. The fourth-order valence-corrected chi connectivity index (χ4v) is 6.71. The molecule has 34 heavy (non-hydrogen) atoms. The maximum Gasteiger partial charge on any atom is 0.262 e. The molecular formula is C29H34N2OS2. The summed E-state index contributed by atoms with van der Waals surface area (Å²) in [7, 11) is 0. The van der Waals surface area contributed by atoms with Crippen LogP contribution in [0.25, 0.3) is 11.1 Å². The highest BCUT2D eigenvalue weighted by atomic mass is 32.2. The predicted molar refractivity (Wildman–Crippen MR) is 146 cm³/mol. The number of carbonyl (C=O) groups is 1. The van der Waals surface area contributed by atoms with Crippen molar-refractivity contribution in [2.75, 3.05) is 6.54 Å². The second-order valence-corrected chi connectivity index (χ2v) is 12.4. The molecule has 3 aromatic rings. The van der Waals surface area contributed by atoms with Crippen LogP contribution in [0.5, 0.6) is 0 Å². The van der Waals surface area contributed by atoms with Gasteiger partial charge in [0, 0.05) is 15.0 Å². The Bertz CT molecular complexity index is 1170. The third-order valence-corrected chi connectivity index (χ3v) is 8.75. The minimum atomic E-state index is -0.182. The molecule has 0 radical (unpaired) electrons. The zero-order valence-corrected chi connectivity index (χ0v) is 22.8. The molecule has 5 heteroatoms. The Morgan fingerprint density at radius 1 is 1.06 bits per heavy atom. The van der Waals surface area contributed by atoms with Crippen molar-refractivity contribution in [3.63, 3.8) is 0 Å². The van der Waals surface area contributed by atoms with Gasteiger partial charge in [-0.05, 0) is 77.3 Å². The topological polar surface area (TPSA) is 52.9 Å². The molecule has 0 aliphatic carbocycles. The summed E-state index contributed by atoms with van der Waals surface area (Å²) in [5.41, 5.74) is 6.60. The Morgan fingerprint density at radius 3 is 2.21 bits per heavy atom. The lowest BCUT2D eigenvalue weighted by Crippen LogP contribution is -2.22. The summed E-state index contributed by atoms with van der Waals surface area (Å²) in [5, 5.41) is 11.6. The predicted octanol–water partition coefficient (Wildman–Crippen LogP) is 8.07. The van der Waals surface area contributed by atoms with E-state index in [4.69, 9.17) is 5.26 Å². The van der Waals surface area contributed by atoms with Crippen LogP contribution in [0.1, 0.15) is 71.1 Å². The van der Waals surface area contributed by atoms with Crippen LogP contribution in [0.4, 0.5) is 0 Å². The van der Waals surface area contributed by atoms with E-state index in [-0.39, 0.29) is 23.1 Å². The maximum absolute atomic E-state index is 12.2. The minimum Gasteiger partial charge on any atom is -0.338 e. The molecule has 178 valence electrons. The summed E-state index contributed by atoms with van der Waals surface area (Å²) in [4.78, 5) is 15.3. The van der Waals surface area contributed by atoms with Gasteiger partial charge in [-0.3, -0.25) is 4.79 Å². The molecule has 0 aliphatic heterocycles. The number of thiophene rings is 1. The molecule has 1 amide bonds. The molecule has 1 heterocycles. The van der Waals surface area contributed by atoms with Gasteiger partial charge >= 0.3 is 0 Å². The van der Waals surface area contributed by atoms with E-state index in [1.807, 2.05) is 23.9 Å². The van der Waals surface area contributed by atoms with Crippen molar-refractivity contribution >= 4 is 29.0 Å². The van der Waals surface area contributed by atoms with Crippen molar-refractivity contribution in [3.8, 4) is 17.2 Å². The van der Waals surface area contributed by atoms with E-state index in [1.165, 1.54) is 48.9 Å². The van der Waals surface area contributed by atoms with E-state index >= 15 is 0 Å². The smallest absolute Gasteiger partial charge is 0.262 e. The number of amides is 1. The quantitative estimate of drug-likeness (QED) is 0.269. The Labute approximate surface area is 212 Å². The van der Waals surface area contributed by atoms with Crippen LogP contribution in [-0.4, -0.2) is 12.5 Å². The number of nitriles is 1. The van der Waals surface area contributed by atoms with E-state index < -0.39 is 0 Å². The normalized spacial score (nSPS) is 12.4. The highest BCUT2D eigenvalue weighted by Gasteiger charge is 2.22. The van der Waals surface area contributed by atoms with Crippen LogP contribution in [0, 0.1) is 31.1 Å². The molecule has 0 unspecified atom stereocenters. The van der Waals surface area contributed by atoms with Gasteiger partial charge in [0.25, 0.3) is 5.91 Å². The lowest BCUT2D eigenvalue weighted by Gasteiger charge is -2.22. The summed E-state index contributed by atoms with van der Waals surface area (Å²) >= 11 is 3.37. The molecule has 1 N–H and O–H groups in total. The lowest BCUT2D eigenvalue weighted by atomic mass is 9.85. The highest BCUT2D eigenvalue weighted by Crippen LogP contribution is 2.45. The zero-order valence-electron chi connectivity index (χ0n) is 21.2. The molecule has 0 fully saturated rings. The Kier molecular flexibility index (Phi) is 8.28. The molecule has 1 atom stereocenters. The Morgan fingerprint density at radius 2 is 1.68 bits per heavy atom. The number of thioether (sulfide) groups is 1. The monoisotopic (exact) mass is 490 g/mol. The van der Waals surface area contributed by atoms with Crippen LogP contribution in [0.2, 0.25) is 0 Å². The maximum atomic E-state index is 12.2. The molecule has 0 aliphatic rings. The number of carbonyl (C=O) groups excluding carboxylic acids is 1. The molecule has 0 spiro atoms. The first-order chi connectivity index (χ1) is 16.0. The number of benzene rings is 2. The minimum absolute atomic E-state index is 0.0261. The molecule has 0 saturated carbocycles. The summed E-state index contributed by atoms with van der Waals surface area (Å²) < 4.78 is 0. The third-order valence-electron chi connectivity index (χ3n) is 5.87. The summed E-state index contributed by atoms with van der Waals surface area (Å²) in [6, 6.07) is 19.4. The number of hydrogen-bond acceptors (Lipinski definition) is 4. The van der Waals surface area contributed by atoms with Crippen molar-refractivity contribution in [3.05, 3.63) is 75.0 Å². The molecule has 2 aromatic carbocycles. The molecule has 1 aromatic heterocycles. The number of nitrogens with zero attached hydrogens (tertiary/aromatic N) is 1. The summed E-state index contributed by atoms with van der Waals surface area (Å²) in [5.74, 6) is 0.225. The van der Waals surface area contributed by atoms with Gasteiger partial charge < -0.3 is 5.32 Å². The summed E-state index contributed by atoms with van der Waals surface area (Å²) in [6.45, 7) is 15.6. The van der Waals surface area contributed by atoms with Crippen LogP contribution < -0.4 is 5.32 Å². The van der Waals surface area contributed by atoms with Gasteiger partial charge in [0.15, 0.2) is 0 Å². The highest BCUT2D eigenvalue weighted by molar-refractivity contribution is 7.99. The van der Waals surface area contributed by atoms with E-state index in [9.17, 15) is 4.79 Å². The number of aryl methyl sites for hydroxylation is 2. The van der Waals surface area contributed by atoms with Gasteiger partial charge in [-0.1, -0.05) is 58.9 Å². The molecule has 3 nitrogen and oxygen atoms in total. The first-order valence-corrected chi connectivity index (χ1v) is 13.3. The molecule has 0 bridgehead atoms. The van der Waals surface area contributed by atoms with Crippen LogP contribution >= 0.6 is 23.1 Å². The third kappa shape index (κ3) is 6.11. The van der Waals surface area contributed by atoms with Gasteiger partial charge in [0.2, 0.25) is 0 Å². The average Bonchev–Trinajstić information content (AvgIpc) is 3.25. The van der Waals surface area contributed by atoms with Crippen molar-refractivity contribution in [1.82, 2.24) is 5.32 Å². The van der Waals surface area contributed by atoms with Gasteiger partial charge in [-0.2, -0.15) is 5.26 Å². The molecular weight excluding hydrogens is 456 g/mol. The van der Waals surface area contributed by atoms with Crippen molar-refractivity contribution < 1.29 is 4.79 Å². The number of nitrogens with one attached hydrogen (secondary N) is 1. The Balaban J connectivity index is 1.85.